The van der Waals surface area contributed by atoms with Crippen molar-refractivity contribution in [2.75, 3.05) is 37.6 Å². The fourth-order valence-corrected chi connectivity index (χ4v) is 3.49. The van der Waals surface area contributed by atoms with Crippen molar-refractivity contribution in [1.29, 1.82) is 0 Å². The van der Waals surface area contributed by atoms with Crippen molar-refractivity contribution in [3.63, 3.8) is 0 Å². The first-order chi connectivity index (χ1) is 10.4. The van der Waals surface area contributed by atoms with Crippen molar-refractivity contribution < 1.29 is 0 Å². The summed E-state index contributed by atoms with van der Waals surface area (Å²) in [4.78, 5) is 5.23. The highest BCUT2D eigenvalue weighted by molar-refractivity contribution is 5.59. The Hall–Kier alpha value is -1.02. The first-order valence-corrected chi connectivity index (χ1v) is 8.90. The first-order valence-electron chi connectivity index (χ1n) is 8.90. The highest BCUT2D eigenvalue weighted by Crippen LogP contribution is 2.26. The van der Waals surface area contributed by atoms with Crippen LogP contribution in [-0.4, -0.2) is 37.6 Å². The van der Waals surface area contributed by atoms with E-state index in [1.807, 2.05) is 0 Å². The van der Waals surface area contributed by atoms with E-state index in [9.17, 15) is 0 Å². The van der Waals surface area contributed by atoms with Crippen molar-refractivity contribution in [1.82, 2.24) is 4.90 Å². The van der Waals surface area contributed by atoms with Crippen LogP contribution in [0, 0.1) is 19.3 Å². The average Bonchev–Trinajstić information content (AvgIpc) is 2.44. The standard InChI is InChI=1S/C20H34N2/c1-17-9-8-10-18(2)19(17)22-15-13-21(14-16-22)12-7-6-11-20(3,4)5/h8-10H,6-7,11-16H2,1-5H3. The molecule has 2 heteroatoms. The molecule has 0 unspecified atom stereocenters. The lowest BCUT2D eigenvalue weighted by atomic mass is 9.90. The van der Waals surface area contributed by atoms with Crippen molar-refractivity contribution in [3.8, 4) is 0 Å². The van der Waals surface area contributed by atoms with E-state index in [2.05, 4.69) is 62.6 Å². The normalized spacial score (nSPS) is 17.0. The molecule has 1 aromatic rings. The van der Waals surface area contributed by atoms with E-state index in [-0.39, 0.29) is 0 Å². The summed E-state index contributed by atoms with van der Waals surface area (Å²) < 4.78 is 0. The third-order valence-electron chi connectivity index (χ3n) is 4.78. The Labute approximate surface area is 137 Å². The van der Waals surface area contributed by atoms with Crippen LogP contribution in [0.1, 0.15) is 51.2 Å². The fraction of sp³-hybridized carbons (Fsp3) is 0.700. The molecule has 0 aromatic heterocycles. The quantitative estimate of drug-likeness (QED) is 0.731. The van der Waals surface area contributed by atoms with Gasteiger partial charge in [-0.15, -0.1) is 0 Å². The summed E-state index contributed by atoms with van der Waals surface area (Å²) in [6.07, 6.45) is 4.05. The van der Waals surface area contributed by atoms with Crippen molar-refractivity contribution in [2.45, 2.75) is 53.9 Å². The van der Waals surface area contributed by atoms with Crippen molar-refractivity contribution in [2.24, 2.45) is 5.41 Å². The molecule has 0 N–H and O–H groups in total. The van der Waals surface area contributed by atoms with Gasteiger partial charge in [-0.3, -0.25) is 4.90 Å². The predicted molar refractivity (Wildman–Crippen MR) is 97.9 cm³/mol. The molecule has 0 radical (unpaired) electrons. The molecule has 0 saturated carbocycles. The van der Waals surface area contributed by atoms with Gasteiger partial charge < -0.3 is 4.90 Å². The van der Waals surface area contributed by atoms with Crippen LogP contribution in [0.4, 0.5) is 5.69 Å². The van der Waals surface area contributed by atoms with Crippen LogP contribution in [-0.2, 0) is 0 Å². The monoisotopic (exact) mass is 302 g/mol. The number of piperazine rings is 1. The predicted octanol–water partition coefficient (Wildman–Crippen LogP) is 4.64. The zero-order valence-corrected chi connectivity index (χ0v) is 15.3. The number of hydrogen-bond acceptors (Lipinski definition) is 2. The van der Waals surface area contributed by atoms with Gasteiger partial charge in [0, 0.05) is 31.9 Å². The summed E-state index contributed by atoms with van der Waals surface area (Å²) in [5.41, 5.74) is 4.79. The Morgan fingerprint density at radius 3 is 2.05 bits per heavy atom. The molecule has 1 fully saturated rings. The van der Waals surface area contributed by atoms with E-state index in [1.54, 1.807) is 0 Å². The van der Waals surface area contributed by atoms with Crippen LogP contribution >= 0.6 is 0 Å². The second-order valence-corrected chi connectivity index (χ2v) is 8.09. The molecular formula is C20H34N2. The number of hydrogen-bond donors (Lipinski definition) is 0. The van der Waals surface area contributed by atoms with Gasteiger partial charge in [0.25, 0.3) is 0 Å². The summed E-state index contributed by atoms with van der Waals surface area (Å²) in [6, 6.07) is 6.64. The summed E-state index contributed by atoms with van der Waals surface area (Å²) in [5, 5.41) is 0. The van der Waals surface area contributed by atoms with Gasteiger partial charge in [-0.05, 0) is 49.8 Å². The summed E-state index contributed by atoms with van der Waals surface area (Å²) >= 11 is 0. The molecule has 0 aliphatic carbocycles. The number of benzene rings is 1. The minimum Gasteiger partial charge on any atom is -0.369 e. The van der Waals surface area contributed by atoms with Gasteiger partial charge in [-0.25, -0.2) is 0 Å². The molecule has 2 nitrogen and oxygen atoms in total. The van der Waals surface area contributed by atoms with Crippen molar-refractivity contribution in [3.05, 3.63) is 29.3 Å². The van der Waals surface area contributed by atoms with Crippen LogP contribution in [0.5, 0.6) is 0 Å². The Balaban J connectivity index is 1.76. The smallest absolute Gasteiger partial charge is 0.0426 e. The highest BCUT2D eigenvalue weighted by atomic mass is 15.3. The molecule has 0 amide bonds. The molecule has 124 valence electrons. The minimum absolute atomic E-state index is 0.487. The van der Waals surface area contributed by atoms with Gasteiger partial charge in [-0.1, -0.05) is 45.4 Å². The Morgan fingerprint density at radius 2 is 1.50 bits per heavy atom. The number of aryl methyl sites for hydroxylation is 2. The number of nitrogens with zero attached hydrogens (tertiary/aromatic N) is 2. The second-order valence-electron chi connectivity index (χ2n) is 8.09. The summed E-state index contributed by atoms with van der Waals surface area (Å²) in [5.74, 6) is 0. The van der Waals surface area contributed by atoms with E-state index in [0.29, 0.717) is 5.41 Å². The molecule has 1 saturated heterocycles. The van der Waals surface area contributed by atoms with Crippen molar-refractivity contribution >= 4 is 5.69 Å². The van der Waals surface area contributed by atoms with E-state index in [4.69, 9.17) is 0 Å². The molecule has 0 spiro atoms. The third-order valence-corrected chi connectivity index (χ3v) is 4.78. The van der Waals surface area contributed by atoms with Crippen LogP contribution in [0.15, 0.2) is 18.2 Å². The summed E-state index contributed by atoms with van der Waals surface area (Å²) in [7, 11) is 0. The molecule has 22 heavy (non-hydrogen) atoms. The molecule has 1 heterocycles. The Morgan fingerprint density at radius 1 is 0.909 bits per heavy atom. The van der Waals surface area contributed by atoms with E-state index < -0.39 is 0 Å². The SMILES string of the molecule is Cc1cccc(C)c1N1CCN(CCCCC(C)(C)C)CC1. The molecule has 1 aliphatic rings. The van der Waals surface area contributed by atoms with Gasteiger partial charge in [0.05, 0.1) is 0 Å². The maximum Gasteiger partial charge on any atom is 0.0426 e. The Kier molecular flexibility index (Phi) is 5.91. The van der Waals surface area contributed by atoms with Crippen LogP contribution in [0.25, 0.3) is 0 Å². The Bertz CT molecular complexity index is 445. The molecule has 1 aliphatic heterocycles. The van der Waals surface area contributed by atoms with E-state index in [0.717, 1.165) is 0 Å². The summed E-state index contributed by atoms with van der Waals surface area (Å²) in [6.45, 7) is 17.5. The topological polar surface area (TPSA) is 6.48 Å². The highest BCUT2D eigenvalue weighted by Gasteiger charge is 2.19. The van der Waals surface area contributed by atoms with Crippen LogP contribution < -0.4 is 4.90 Å². The molecule has 2 rings (SSSR count). The first kappa shape index (κ1) is 17.3. The van der Waals surface area contributed by atoms with Gasteiger partial charge in [-0.2, -0.15) is 0 Å². The molecule has 1 aromatic carbocycles. The van der Waals surface area contributed by atoms with Crippen LogP contribution in [0.3, 0.4) is 0 Å². The molecular weight excluding hydrogens is 268 g/mol. The van der Waals surface area contributed by atoms with Gasteiger partial charge in [0.1, 0.15) is 0 Å². The number of para-hydroxylation sites is 1. The lowest BCUT2D eigenvalue weighted by molar-refractivity contribution is 0.245. The number of anilines is 1. The van der Waals surface area contributed by atoms with Crippen LogP contribution in [0.2, 0.25) is 0 Å². The third kappa shape index (κ3) is 5.01. The molecule has 0 bridgehead atoms. The zero-order chi connectivity index (χ0) is 16.2. The van der Waals surface area contributed by atoms with E-state index >= 15 is 0 Å². The lowest BCUT2D eigenvalue weighted by Gasteiger charge is -2.37. The largest absolute Gasteiger partial charge is 0.369 e. The zero-order valence-electron chi connectivity index (χ0n) is 15.3. The maximum absolute atomic E-state index is 2.65. The lowest BCUT2D eigenvalue weighted by Crippen LogP contribution is -2.47. The molecule has 0 atom stereocenters. The van der Waals surface area contributed by atoms with Gasteiger partial charge in [0.15, 0.2) is 0 Å². The number of rotatable bonds is 5. The number of unbranched alkanes of at least 4 members (excludes halogenated alkanes) is 1. The van der Waals surface area contributed by atoms with E-state index in [1.165, 1.54) is 68.8 Å². The van der Waals surface area contributed by atoms with Gasteiger partial charge in [0.2, 0.25) is 0 Å². The fourth-order valence-electron chi connectivity index (χ4n) is 3.49. The minimum atomic E-state index is 0.487. The average molecular weight is 303 g/mol. The van der Waals surface area contributed by atoms with Gasteiger partial charge >= 0.3 is 0 Å². The second kappa shape index (κ2) is 7.50. The maximum atomic E-state index is 2.65.